The highest BCUT2D eigenvalue weighted by molar-refractivity contribution is 8.00. The van der Waals surface area contributed by atoms with Gasteiger partial charge in [0.2, 0.25) is 0 Å². The Morgan fingerprint density at radius 2 is 1.33 bits per heavy atom. The average Bonchev–Trinajstić information content (AvgIpc) is 2.59. The van der Waals surface area contributed by atoms with E-state index in [1.807, 2.05) is 13.8 Å². The van der Waals surface area contributed by atoms with Crippen LogP contribution < -0.4 is 15.6 Å². The molecule has 0 saturated heterocycles. The summed E-state index contributed by atoms with van der Waals surface area (Å²) in [6.45, 7) is 3.76. The van der Waals surface area contributed by atoms with Crippen LogP contribution in [-0.2, 0) is 0 Å². The van der Waals surface area contributed by atoms with Gasteiger partial charge < -0.3 is 4.74 Å². The zero-order chi connectivity index (χ0) is 20.0. The Balaban J connectivity index is 1.90. The van der Waals surface area contributed by atoms with Crippen LogP contribution in [0.5, 0.6) is 5.75 Å². The minimum Gasteiger partial charge on any atom is -0.491 e. The van der Waals surface area contributed by atoms with Gasteiger partial charge in [0.15, 0.2) is 0 Å². The van der Waals surface area contributed by atoms with Crippen molar-refractivity contribution in [3.05, 3.63) is 59.7 Å². The number of rotatable bonds is 5. The van der Waals surface area contributed by atoms with Gasteiger partial charge in [-0.15, -0.1) is 0 Å². The first kappa shape index (κ1) is 20.6. The van der Waals surface area contributed by atoms with Gasteiger partial charge in [-0.05, 0) is 74.1 Å². The molecule has 0 aliphatic carbocycles. The number of hydrogen-bond acceptors (Lipinski definition) is 4. The van der Waals surface area contributed by atoms with Crippen molar-refractivity contribution in [1.29, 1.82) is 0 Å². The number of amides is 2. The van der Waals surface area contributed by atoms with Crippen LogP contribution in [0.2, 0.25) is 0 Å². The number of ether oxygens (including phenoxy) is 1. The molecule has 2 amide bonds. The molecule has 0 spiro atoms. The second-order valence-electron chi connectivity index (χ2n) is 5.67. The molecule has 0 radical (unpaired) electrons. The van der Waals surface area contributed by atoms with Crippen LogP contribution in [0.15, 0.2) is 53.4 Å². The Bertz CT molecular complexity index is 791. The van der Waals surface area contributed by atoms with E-state index >= 15 is 0 Å². The number of benzene rings is 2. The first-order chi connectivity index (χ1) is 12.6. The molecule has 9 heteroatoms. The third-order valence-corrected chi connectivity index (χ3v) is 3.87. The molecule has 2 aromatic carbocycles. The molecule has 2 rings (SSSR count). The van der Waals surface area contributed by atoms with Crippen molar-refractivity contribution in [2.45, 2.75) is 30.4 Å². The van der Waals surface area contributed by atoms with Crippen LogP contribution in [0.25, 0.3) is 0 Å². The molecule has 0 unspecified atom stereocenters. The van der Waals surface area contributed by atoms with Crippen LogP contribution >= 0.6 is 11.8 Å². The predicted octanol–water partition coefficient (Wildman–Crippen LogP) is 4.16. The first-order valence-electron chi connectivity index (χ1n) is 7.87. The summed E-state index contributed by atoms with van der Waals surface area (Å²) in [6.07, 6.45) is 0.00452. The minimum atomic E-state index is -4.40. The molecule has 0 aliphatic rings. The topological polar surface area (TPSA) is 67.4 Å². The van der Waals surface area contributed by atoms with E-state index in [0.29, 0.717) is 11.3 Å². The van der Waals surface area contributed by atoms with E-state index in [1.165, 1.54) is 24.3 Å². The fourth-order valence-electron chi connectivity index (χ4n) is 2.02. The zero-order valence-corrected chi connectivity index (χ0v) is 15.3. The Labute approximate surface area is 158 Å². The summed E-state index contributed by atoms with van der Waals surface area (Å²) < 4.78 is 42.3. The number of carbonyl (C=O) groups excluding carboxylic acids is 2. The second-order valence-corrected chi connectivity index (χ2v) is 6.81. The standard InChI is InChI=1S/C18H17F3N2O3S/c1-11(2)26-14-7-3-12(4-8-14)16(24)22-23-17(25)13-5-9-15(10-6-13)27-18(19,20)21/h3-11H,1-2H3,(H,22,24)(H,23,25). The van der Waals surface area contributed by atoms with E-state index in [2.05, 4.69) is 10.9 Å². The Kier molecular flexibility index (Phi) is 6.73. The maximum Gasteiger partial charge on any atom is 0.446 e. The number of hydrogen-bond donors (Lipinski definition) is 2. The van der Waals surface area contributed by atoms with E-state index in [0.717, 1.165) is 0 Å². The van der Waals surface area contributed by atoms with Gasteiger partial charge in [-0.25, -0.2) is 0 Å². The summed E-state index contributed by atoms with van der Waals surface area (Å²) in [5, 5.41) is 0. The molecule has 2 N–H and O–H groups in total. The largest absolute Gasteiger partial charge is 0.491 e. The molecule has 0 fully saturated rings. The van der Waals surface area contributed by atoms with Gasteiger partial charge in [0.1, 0.15) is 5.75 Å². The lowest BCUT2D eigenvalue weighted by atomic mass is 10.2. The predicted molar refractivity (Wildman–Crippen MR) is 95.5 cm³/mol. The van der Waals surface area contributed by atoms with Crippen LogP contribution in [-0.4, -0.2) is 23.4 Å². The van der Waals surface area contributed by atoms with E-state index in [4.69, 9.17) is 4.74 Å². The van der Waals surface area contributed by atoms with Gasteiger partial charge in [-0.3, -0.25) is 20.4 Å². The summed E-state index contributed by atoms with van der Waals surface area (Å²) in [4.78, 5) is 24.0. The van der Waals surface area contributed by atoms with E-state index < -0.39 is 17.3 Å². The smallest absolute Gasteiger partial charge is 0.446 e. The zero-order valence-electron chi connectivity index (χ0n) is 14.5. The molecule has 5 nitrogen and oxygen atoms in total. The van der Waals surface area contributed by atoms with Crippen molar-refractivity contribution < 1.29 is 27.5 Å². The van der Waals surface area contributed by atoms with Crippen molar-refractivity contribution in [2.75, 3.05) is 0 Å². The van der Waals surface area contributed by atoms with Crippen molar-refractivity contribution >= 4 is 23.6 Å². The number of hydrazine groups is 1. The lowest BCUT2D eigenvalue weighted by molar-refractivity contribution is -0.0328. The summed E-state index contributed by atoms with van der Waals surface area (Å²) in [7, 11) is 0. The van der Waals surface area contributed by atoms with Gasteiger partial charge in [0, 0.05) is 16.0 Å². The molecule has 0 bridgehead atoms. The summed E-state index contributed by atoms with van der Waals surface area (Å²) in [5.74, 6) is -0.572. The lowest BCUT2D eigenvalue weighted by Crippen LogP contribution is -2.41. The van der Waals surface area contributed by atoms with Gasteiger partial charge in [0.25, 0.3) is 11.8 Å². The van der Waals surface area contributed by atoms with Crippen LogP contribution in [0.3, 0.4) is 0 Å². The number of carbonyl (C=O) groups is 2. The van der Waals surface area contributed by atoms with Gasteiger partial charge in [-0.2, -0.15) is 13.2 Å². The number of halogens is 3. The van der Waals surface area contributed by atoms with Gasteiger partial charge >= 0.3 is 5.51 Å². The minimum absolute atomic E-state index is 0.00452. The van der Waals surface area contributed by atoms with Crippen molar-refractivity contribution in [3.8, 4) is 5.75 Å². The van der Waals surface area contributed by atoms with Crippen molar-refractivity contribution in [3.63, 3.8) is 0 Å². The highest BCUT2D eigenvalue weighted by Crippen LogP contribution is 2.36. The SMILES string of the molecule is CC(C)Oc1ccc(C(=O)NNC(=O)c2ccc(SC(F)(F)F)cc2)cc1. The third-order valence-electron chi connectivity index (χ3n) is 3.13. The van der Waals surface area contributed by atoms with Crippen LogP contribution in [0, 0.1) is 0 Å². The summed E-state index contributed by atoms with van der Waals surface area (Å²) in [6, 6.07) is 11.2. The molecule has 0 aliphatic heterocycles. The van der Waals surface area contributed by atoms with Crippen molar-refractivity contribution in [2.24, 2.45) is 0 Å². The molecule has 0 saturated carbocycles. The summed E-state index contributed by atoms with van der Waals surface area (Å²) >= 11 is -0.270. The first-order valence-corrected chi connectivity index (χ1v) is 8.69. The van der Waals surface area contributed by atoms with E-state index in [9.17, 15) is 22.8 Å². The van der Waals surface area contributed by atoms with Gasteiger partial charge in [-0.1, -0.05) is 0 Å². The fourth-order valence-corrected chi connectivity index (χ4v) is 2.56. The second kappa shape index (κ2) is 8.81. The normalized spacial score (nSPS) is 11.2. The molecule has 27 heavy (non-hydrogen) atoms. The fraction of sp³-hybridized carbons (Fsp3) is 0.222. The average molecular weight is 398 g/mol. The summed E-state index contributed by atoms with van der Waals surface area (Å²) in [5.41, 5.74) is 0.486. The molecular weight excluding hydrogens is 381 g/mol. The molecule has 0 atom stereocenters. The monoisotopic (exact) mass is 398 g/mol. The van der Waals surface area contributed by atoms with Crippen LogP contribution in [0.4, 0.5) is 13.2 Å². The van der Waals surface area contributed by atoms with E-state index in [1.54, 1.807) is 24.3 Å². The van der Waals surface area contributed by atoms with Gasteiger partial charge in [0.05, 0.1) is 6.10 Å². The molecule has 144 valence electrons. The maximum absolute atomic E-state index is 12.3. The molecule has 0 aromatic heterocycles. The third kappa shape index (κ3) is 6.86. The maximum atomic E-state index is 12.3. The van der Waals surface area contributed by atoms with Crippen LogP contribution in [0.1, 0.15) is 34.6 Å². The number of thioether (sulfide) groups is 1. The molecule has 2 aromatic rings. The molecule has 0 heterocycles. The lowest BCUT2D eigenvalue weighted by Gasteiger charge is -2.11. The number of nitrogens with one attached hydrogen (secondary N) is 2. The highest BCUT2D eigenvalue weighted by Gasteiger charge is 2.29. The highest BCUT2D eigenvalue weighted by atomic mass is 32.2. The Morgan fingerprint density at radius 3 is 1.74 bits per heavy atom. The quantitative estimate of drug-likeness (QED) is 0.586. The number of alkyl halides is 3. The Hall–Kier alpha value is -2.68. The van der Waals surface area contributed by atoms with E-state index in [-0.39, 0.29) is 28.3 Å². The molecular formula is C18H17F3N2O3S. The van der Waals surface area contributed by atoms with Crippen molar-refractivity contribution in [1.82, 2.24) is 10.9 Å². The Morgan fingerprint density at radius 1 is 0.889 bits per heavy atom.